The van der Waals surface area contributed by atoms with Crippen molar-refractivity contribution in [2.45, 2.75) is 23.9 Å². The molecule has 0 bridgehead atoms. The first-order chi connectivity index (χ1) is 10.8. The first-order valence-electron chi connectivity index (χ1n) is 6.68. The number of ether oxygens (including phenoxy) is 1. The van der Waals surface area contributed by atoms with Crippen LogP contribution < -0.4 is 15.6 Å². The van der Waals surface area contributed by atoms with Crippen molar-refractivity contribution < 1.29 is 17.9 Å². The van der Waals surface area contributed by atoms with Crippen molar-refractivity contribution in [2.75, 3.05) is 12.1 Å². The average molecular weight is 343 g/mol. The van der Waals surface area contributed by atoms with Gasteiger partial charge in [-0.15, -0.1) is 0 Å². The van der Waals surface area contributed by atoms with Crippen LogP contribution in [0, 0.1) is 6.92 Å². The highest BCUT2D eigenvalue weighted by Crippen LogP contribution is 2.41. The van der Waals surface area contributed by atoms with Crippen LogP contribution in [-0.4, -0.2) is 17.5 Å². The minimum atomic E-state index is -4.39. The van der Waals surface area contributed by atoms with Crippen LogP contribution >= 0.6 is 11.8 Å². The summed E-state index contributed by atoms with van der Waals surface area (Å²) in [6.07, 6.45) is 1.56. The van der Waals surface area contributed by atoms with E-state index in [4.69, 9.17) is 10.6 Å². The summed E-state index contributed by atoms with van der Waals surface area (Å²) in [5.74, 6) is 6.10. The van der Waals surface area contributed by atoms with Crippen molar-refractivity contribution in [3.8, 4) is 5.88 Å². The summed E-state index contributed by atoms with van der Waals surface area (Å²) < 4.78 is 43.8. The average Bonchev–Trinajstić information content (AvgIpc) is 2.45. The molecule has 2 N–H and O–H groups in total. The zero-order chi connectivity index (χ0) is 17.0. The van der Waals surface area contributed by atoms with Crippen LogP contribution in [-0.2, 0) is 6.61 Å². The summed E-state index contributed by atoms with van der Waals surface area (Å²) in [7, 11) is 1.56. The van der Waals surface area contributed by atoms with Crippen LogP contribution in [0.4, 0.5) is 18.9 Å². The van der Waals surface area contributed by atoms with Gasteiger partial charge in [0.2, 0.25) is 5.88 Å². The predicted molar refractivity (Wildman–Crippen MR) is 84.3 cm³/mol. The van der Waals surface area contributed by atoms with E-state index < -0.39 is 5.51 Å². The fourth-order valence-corrected chi connectivity index (χ4v) is 2.70. The summed E-state index contributed by atoms with van der Waals surface area (Å²) in [6, 6.07) is 8.14. The molecule has 0 aliphatic heterocycles. The molecule has 0 aliphatic carbocycles. The van der Waals surface area contributed by atoms with E-state index in [1.54, 1.807) is 25.4 Å². The second-order valence-electron chi connectivity index (χ2n) is 4.83. The fourth-order valence-electron chi connectivity index (χ4n) is 2.01. The third-order valence-corrected chi connectivity index (χ3v) is 3.86. The lowest BCUT2D eigenvalue weighted by Gasteiger charge is -2.20. The molecule has 23 heavy (non-hydrogen) atoms. The van der Waals surface area contributed by atoms with E-state index in [1.807, 2.05) is 13.0 Å². The van der Waals surface area contributed by atoms with Gasteiger partial charge in [0.15, 0.2) is 0 Å². The highest BCUT2D eigenvalue weighted by molar-refractivity contribution is 8.00. The first-order valence-corrected chi connectivity index (χ1v) is 7.50. The molecule has 0 aliphatic rings. The van der Waals surface area contributed by atoms with Gasteiger partial charge in [-0.1, -0.05) is 12.1 Å². The van der Waals surface area contributed by atoms with Crippen LogP contribution in [0.15, 0.2) is 41.4 Å². The molecule has 8 heteroatoms. The van der Waals surface area contributed by atoms with Gasteiger partial charge >= 0.3 is 5.51 Å². The van der Waals surface area contributed by atoms with Gasteiger partial charge in [-0.2, -0.15) is 13.2 Å². The number of hydrogen-bond acceptors (Lipinski definition) is 5. The number of nitrogens with two attached hydrogens (primary N) is 1. The Morgan fingerprint density at radius 2 is 2.00 bits per heavy atom. The molecule has 0 radical (unpaired) electrons. The minimum Gasteiger partial charge on any atom is -0.472 e. The quantitative estimate of drug-likeness (QED) is 0.507. The Balaban J connectivity index is 2.32. The van der Waals surface area contributed by atoms with Gasteiger partial charge in [0, 0.05) is 29.3 Å². The summed E-state index contributed by atoms with van der Waals surface area (Å²) >= 11 is -0.184. The molecule has 0 atom stereocenters. The Bertz CT molecular complexity index is 677. The van der Waals surface area contributed by atoms with Gasteiger partial charge < -0.3 is 9.75 Å². The molecule has 0 saturated carbocycles. The normalized spacial score (nSPS) is 11.4. The number of benzene rings is 1. The Hall–Kier alpha value is -1.93. The van der Waals surface area contributed by atoms with Crippen molar-refractivity contribution >= 4 is 17.4 Å². The van der Waals surface area contributed by atoms with E-state index in [2.05, 4.69) is 4.98 Å². The largest absolute Gasteiger partial charge is 0.472 e. The molecule has 0 amide bonds. The lowest BCUT2D eigenvalue weighted by molar-refractivity contribution is -0.0328. The standard InChI is InChI=1S/C15H16F3N3OS/c1-10-5-4-8-20-14(10)22-9-11-12(21(2)19)6-3-7-13(11)23-15(16,17)18/h3-8H,9,19H2,1-2H3. The third kappa shape index (κ3) is 4.77. The van der Waals surface area contributed by atoms with Crippen molar-refractivity contribution in [1.82, 2.24) is 4.98 Å². The van der Waals surface area contributed by atoms with Gasteiger partial charge in [-0.3, -0.25) is 0 Å². The van der Waals surface area contributed by atoms with E-state index >= 15 is 0 Å². The number of anilines is 1. The molecule has 2 rings (SSSR count). The van der Waals surface area contributed by atoms with Gasteiger partial charge in [0.1, 0.15) is 6.61 Å². The first kappa shape index (κ1) is 17.4. The minimum absolute atomic E-state index is 0.0564. The summed E-state index contributed by atoms with van der Waals surface area (Å²) in [5.41, 5.74) is -2.75. The monoisotopic (exact) mass is 343 g/mol. The number of rotatable bonds is 5. The van der Waals surface area contributed by atoms with Gasteiger partial charge in [-0.25, -0.2) is 10.8 Å². The molecular formula is C15H16F3N3OS. The Morgan fingerprint density at radius 3 is 2.61 bits per heavy atom. The smallest absolute Gasteiger partial charge is 0.446 e. The predicted octanol–water partition coefficient (Wildman–Crippen LogP) is 3.89. The number of halogens is 3. The van der Waals surface area contributed by atoms with Crippen LogP contribution in [0.25, 0.3) is 0 Å². The Morgan fingerprint density at radius 1 is 1.26 bits per heavy atom. The summed E-state index contributed by atoms with van der Waals surface area (Å²) in [6.45, 7) is 1.75. The molecule has 124 valence electrons. The maximum atomic E-state index is 12.7. The van der Waals surface area contributed by atoms with E-state index in [-0.39, 0.29) is 23.3 Å². The van der Waals surface area contributed by atoms with Gasteiger partial charge in [-0.05, 0) is 36.9 Å². The fraction of sp³-hybridized carbons (Fsp3) is 0.267. The number of nitrogens with zero attached hydrogens (tertiary/aromatic N) is 2. The second-order valence-corrected chi connectivity index (χ2v) is 5.93. The summed E-state index contributed by atoms with van der Waals surface area (Å²) in [4.78, 5) is 4.13. The highest BCUT2D eigenvalue weighted by atomic mass is 32.2. The maximum Gasteiger partial charge on any atom is 0.446 e. The topological polar surface area (TPSA) is 51.4 Å². The number of aromatic nitrogens is 1. The molecule has 4 nitrogen and oxygen atoms in total. The van der Waals surface area contributed by atoms with E-state index in [0.29, 0.717) is 17.1 Å². The number of hydrogen-bond donors (Lipinski definition) is 1. The van der Waals surface area contributed by atoms with Crippen molar-refractivity contribution in [3.63, 3.8) is 0 Å². The number of aryl methyl sites for hydroxylation is 1. The molecule has 1 heterocycles. The van der Waals surface area contributed by atoms with E-state index in [1.165, 1.54) is 17.1 Å². The maximum absolute atomic E-state index is 12.7. The van der Waals surface area contributed by atoms with Crippen LogP contribution in [0.1, 0.15) is 11.1 Å². The Kier molecular flexibility index (Phi) is 5.38. The molecule has 0 fully saturated rings. The SMILES string of the molecule is Cc1cccnc1OCc1c(SC(F)(F)F)cccc1N(C)N. The van der Waals surface area contributed by atoms with Crippen molar-refractivity contribution in [2.24, 2.45) is 5.84 Å². The van der Waals surface area contributed by atoms with Crippen molar-refractivity contribution in [3.05, 3.63) is 47.7 Å². The third-order valence-electron chi connectivity index (χ3n) is 3.03. The van der Waals surface area contributed by atoms with E-state index in [0.717, 1.165) is 5.56 Å². The molecule has 0 unspecified atom stereocenters. The van der Waals surface area contributed by atoms with E-state index in [9.17, 15) is 13.2 Å². The lowest BCUT2D eigenvalue weighted by atomic mass is 10.2. The zero-order valence-electron chi connectivity index (χ0n) is 12.6. The van der Waals surface area contributed by atoms with Crippen LogP contribution in [0.3, 0.4) is 0 Å². The molecular weight excluding hydrogens is 327 g/mol. The number of hydrazine groups is 1. The van der Waals surface area contributed by atoms with Crippen molar-refractivity contribution in [1.29, 1.82) is 0 Å². The lowest BCUT2D eigenvalue weighted by Crippen LogP contribution is -2.27. The molecule has 1 aromatic carbocycles. The summed E-state index contributed by atoms with van der Waals surface area (Å²) in [5, 5.41) is 1.27. The molecule has 0 spiro atoms. The van der Waals surface area contributed by atoms with Gasteiger partial charge in [0.25, 0.3) is 0 Å². The zero-order valence-corrected chi connectivity index (χ0v) is 13.4. The highest BCUT2D eigenvalue weighted by Gasteiger charge is 2.31. The number of pyridine rings is 1. The Labute approximate surface area is 136 Å². The number of alkyl halides is 3. The number of thioether (sulfide) groups is 1. The van der Waals surface area contributed by atoms with Gasteiger partial charge in [0.05, 0.1) is 5.69 Å². The molecule has 2 aromatic rings. The molecule has 1 aromatic heterocycles. The molecule has 0 saturated heterocycles. The second kappa shape index (κ2) is 7.10. The van der Waals surface area contributed by atoms with Crippen LogP contribution in [0.5, 0.6) is 5.88 Å². The van der Waals surface area contributed by atoms with Crippen LogP contribution in [0.2, 0.25) is 0 Å².